The topological polar surface area (TPSA) is 85.3 Å². The van der Waals surface area contributed by atoms with Crippen LogP contribution in [0.3, 0.4) is 0 Å². The number of nitrogens with zero attached hydrogens (tertiary/aromatic N) is 4. The number of aryl methyl sites for hydroxylation is 1. The zero-order valence-corrected chi connectivity index (χ0v) is 14.4. The molecule has 0 bridgehead atoms. The van der Waals surface area contributed by atoms with Crippen LogP contribution in [-0.4, -0.2) is 19.6 Å². The van der Waals surface area contributed by atoms with Crippen LogP contribution < -0.4 is 10.9 Å². The van der Waals surface area contributed by atoms with Crippen LogP contribution in [-0.2, 0) is 18.4 Å². The summed E-state index contributed by atoms with van der Waals surface area (Å²) in [4.78, 5) is 21.2. The standard InChI is InChI=1S/C15H19N5O2S/c1-5-9-6-12(21)20-14(18-9)23-13(19-20)17-8-11-16-7-10(22-11)15(2,3)4/h6-7H,5,8H2,1-4H3,(H,17,19). The van der Waals surface area contributed by atoms with E-state index in [2.05, 4.69) is 41.2 Å². The van der Waals surface area contributed by atoms with Gasteiger partial charge in [-0.3, -0.25) is 4.79 Å². The zero-order valence-electron chi connectivity index (χ0n) is 13.6. The average molecular weight is 333 g/mol. The molecular weight excluding hydrogens is 314 g/mol. The molecule has 0 atom stereocenters. The van der Waals surface area contributed by atoms with E-state index in [1.807, 2.05) is 6.92 Å². The second-order valence-electron chi connectivity index (χ2n) is 6.26. The summed E-state index contributed by atoms with van der Waals surface area (Å²) in [5.74, 6) is 1.42. The monoisotopic (exact) mass is 333 g/mol. The smallest absolute Gasteiger partial charge is 0.275 e. The largest absolute Gasteiger partial charge is 0.443 e. The molecule has 3 aromatic rings. The molecule has 0 saturated heterocycles. The van der Waals surface area contributed by atoms with E-state index >= 15 is 0 Å². The number of hydrogen-bond acceptors (Lipinski definition) is 7. The first-order chi connectivity index (χ1) is 10.9. The van der Waals surface area contributed by atoms with E-state index in [9.17, 15) is 4.79 Å². The minimum Gasteiger partial charge on any atom is -0.443 e. The van der Waals surface area contributed by atoms with Crippen molar-refractivity contribution in [2.45, 2.75) is 46.1 Å². The Morgan fingerprint density at radius 3 is 2.83 bits per heavy atom. The van der Waals surface area contributed by atoms with E-state index in [1.54, 1.807) is 6.20 Å². The summed E-state index contributed by atoms with van der Waals surface area (Å²) >= 11 is 1.33. The Bertz CT molecular complexity index is 887. The average Bonchev–Trinajstić information content (AvgIpc) is 3.11. The van der Waals surface area contributed by atoms with Gasteiger partial charge in [0.2, 0.25) is 16.0 Å². The third-order valence-corrected chi connectivity index (χ3v) is 4.21. The fourth-order valence-corrected chi connectivity index (χ4v) is 2.82. The van der Waals surface area contributed by atoms with Gasteiger partial charge in [0.1, 0.15) is 5.76 Å². The van der Waals surface area contributed by atoms with Gasteiger partial charge in [-0.25, -0.2) is 9.97 Å². The lowest BCUT2D eigenvalue weighted by Crippen LogP contribution is -2.15. The first-order valence-electron chi connectivity index (χ1n) is 7.45. The van der Waals surface area contributed by atoms with Gasteiger partial charge in [-0.2, -0.15) is 4.52 Å². The highest BCUT2D eigenvalue weighted by Crippen LogP contribution is 2.23. The van der Waals surface area contributed by atoms with Crippen molar-refractivity contribution in [3.05, 3.63) is 40.0 Å². The van der Waals surface area contributed by atoms with Crippen LogP contribution in [0.25, 0.3) is 4.96 Å². The van der Waals surface area contributed by atoms with Gasteiger partial charge in [-0.1, -0.05) is 39.0 Å². The van der Waals surface area contributed by atoms with Crippen molar-refractivity contribution in [3.63, 3.8) is 0 Å². The summed E-state index contributed by atoms with van der Waals surface area (Å²) in [5.41, 5.74) is 0.532. The van der Waals surface area contributed by atoms with Crippen molar-refractivity contribution in [2.24, 2.45) is 0 Å². The summed E-state index contributed by atoms with van der Waals surface area (Å²) in [7, 11) is 0. The van der Waals surface area contributed by atoms with Crippen LogP contribution in [0.2, 0.25) is 0 Å². The third kappa shape index (κ3) is 3.26. The second-order valence-corrected chi connectivity index (χ2v) is 7.22. The summed E-state index contributed by atoms with van der Waals surface area (Å²) in [6.45, 7) is 8.59. The summed E-state index contributed by atoms with van der Waals surface area (Å²) in [5, 5.41) is 7.98. The Kier molecular flexibility index (Phi) is 3.93. The van der Waals surface area contributed by atoms with Crippen molar-refractivity contribution in [2.75, 3.05) is 5.32 Å². The number of hydrogen-bond donors (Lipinski definition) is 1. The van der Waals surface area contributed by atoms with Gasteiger partial charge in [-0.05, 0) is 6.42 Å². The molecule has 1 N–H and O–H groups in total. The molecule has 3 aromatic heterocycles. The number of rotatable bonds is 4. The fraction of sp³-hybridized carbons (Fsp3) is 0.467. The van der Waals surface area contributed by atoms with Crippen LogP contribution in [0, 0.1) is 0 Å². The van der Waals surface area contributed by atoms with Gasteiger partial charge < -0.3 is 9.73 Å². The molecule has 0 radical (unpaired) electrons. The Morgan fingerprint density at radius 2 is 2.17 bits per heavy atom. The van der Waals surface area contributed by atoms with Gasteiger partial charge in [0.15, 0.2) is 0 Å². The Hall–Kier alpha value is -2.22. The number of fused-ring (bicyclic) bond motifs is 1. The lowest BCUT2D eigenvalue weighted by atomic mass is 9.94. The molecule has 0 spiro atoms. The lowest BCUT2D eigenvalue weighted by molar-refractivity contribution is 0.385. The molecule has 8 heteroatoms. The first-order valence-corrected chi connectivity index (χ1v) is 8.27. The Morgan fingerprint density at radius 1 is 1.39 bits per heavy atom. The quantitative estimate of drug-likeness (QED) is 0.790. The van der Waals surface area contributed by atoms with E-state index in [0.29, 0.717) is 22.5 Å². The summed E-state index contributed by atoms with van der Waals surface area (Å²) < 4.78 is 7.03. The highest BCUT2D eigenvalue weighted by atomic mass is 32.1. The fourth-order valence-electron chi connectivity index (χ4n) is 2.00. The van der Waals surface area contributed by atoms with Crippen LogP contribution in [0.1, 0.15) is 45.0 Å². The number of anilines is 1. The van der Waals surface area contributed by atoms with Crippen molar-refractivity contribution >= 4 is 21.4 Å². The molecule has 0 aliphatic heterocycles. The maximum absolute atomic E-state index is 12.0. The second kappa shape index (κ2) is 5.77. The van der Waals surface area contributed by atoms with Gasteiger partial charge >= 0.3 is 0 Å². The highest BCUT2D eigenvalue weighted by Gasteiger charge is 2.19. The first kappa shape index (κ1) is 15.7. The highest BCUT2D eigenvalue weighted by molar-refractivity contribution is 7.20. The molecule has 0 aliphatic carbocycles. The molecule has 0 aromatic carbocycles. The molecule has 23 heavy (non-hydrogen) atoms. The molecule has 0 amide bonds. The van der Waals surface area contributed by atoms with Crippen LogP contribution in [0.15, 0.2) is 21.5 Å². The van der Waals surface area contributed by atoms with Gasteiger partial charge in [0, 0.05) is 17.2 Å². The number of aromatic nitrogens is 4. The van der Waals surface area contributed by atoms with Crippen molar-refractivity contribution in [1.82, 2.24) is 19.6 Å². The predicted octanol–water partition coefficient (Wildman–Crippen LogP) is 2.61. The summed E-state index contributed by atoms with van der Waals surface area (Å²) in [6.07, 6.45) is 2.47. The van der Waals surface area contributed by atoms with Gasteiger partial charge in [0.25, 0.3) is 5.56 Å². The number of oxazole rings is 1. The molecule has 122 valence electrons. The molecule has 0 fully saturated rings. The molecule has 3 rings (SSSR count). The zero-order chi connectivity index (χ0) is 16.6. The van der Waals surface area contributed by atoms with E-state index in [0.717, 1.165) is 17.9 Å². The number of nitrogens with one attached hydrogen (secondary N) is 1. The van der Waals surface area contributed by atoms with Crippen molar-refractivity contribution < 1.29 is 4.42 Å². The normalized spacial score (nSPS) is 12.0. The minimum absolute atomic E-state index is 0.0745. The van der Waals surface area contributed by atoms with Crippen LogP contribution in [0.5, 0.6) is 0 Å². The molecule has 7 nitrogen and oxygen atoms in total. The minimum atomic E-state index is -0.165. The molecule has 0 aliphatic rings. The third-order valence-electron chi connectivity index (χ3n) is 3.34. The van der Waals surface area contributed by atoms with Crippen molar-refractivity contribution in [1.29, 1.82) is 0 Å². The van der Waals surface area contributed by atoms with E-state index < -0.39 is 0 Å². The van der Waals surface area contributed by atoms with Gasteiger partial charge in [0.05, 0.1) is 12.7 Å². The molecule has 0 saturated carbocycles. The maximum atomic E-state index is 12.0. The molecule has 0 unspecified atom stereocenters. The predicted molar refractivity (Wildman–Crippen MR) is 89.0 cm³/mol. The van der Waals surface area contributed by atoms with Crippen molar-refractivity contribution in [3.8, 4) is 0 Å². The van der Waals surface area contributed by atoms with E-state index in [4.69, 9.17) is 4.42 Å². The molecule has 3 heterocycles. The maximum Gasteiger partial charge on any atom is 0.275 e. The van der Waals surface area contributed by atoms with E-state index in [1.165, 1.54) is 21.9 Å². The summed E-state index contributed by atoms with van der Waals surface area (Å²) in [6, 6.07) is 1.51. The Labute approximate surface area is 137 Å². The Balaban J connectivity index is 1.78. The van der Waals surface area contributed by atoms with E-state index in [-0.39, 0.29) is 11.0 Å². The lowest BCUT2D eigenvalue weighted by Gasteiger charge is -2.13. The van der Waals surface area contributed by atoms with Crippen LogP contribution >= 0.6 is 11.3 Å². The molecular formula is C15H19N5O2S. The van der Waals surface area contributed by atoms with Gasteiger partial charge in [-0.15, -0.1) is 5.10 Å². The van der Waals surface area contributed by atoms with Crippen LogP contribution in [0.4, 0.5) is 5.13 Å². The SMILES string of the molecule is CCc1cc(=O)n2nc(NCc3ncc(C(C)(C)C)o3)sc2n1.